The molecule has 1 heterocycles. The van der Waals surface area contributed by atoms with Crippen molar-refractivity contribution in [2.45, 2.75) is 6.18 Å². The van der Waals surface area contributed by atoms with Gasteiger partial charge in [0.2, 0.25) is 0 Å². The van der Waals surface area contributed by atoms with Gasteiger partial charge in [-0.05, 0) is 18.2 Å². The van der Waals surface area contributed by atoms with Crippen molar-refractivity contribution in [3.8, 4) is 11.4 Å². The molecule has 0 aliphatic carbocycles. The lowest BCUT2D eigenvalue weighted by atomic mass is 10.2. The molecular formula is C10H5BrClF3N2. The molecule has 0 bridgehead atoms. The molecule has 0 saturated carbocycles. The Bertz CT molecular complexity index is 530. The third-order valence-electron chi connectivity index (χ3n) is 2.02. The van der Waals surface area contributed by atoms with Crippen LogP contribution in [0.5, 0.6) is 0 Å². The van der Waals surface area contributed by atoms with E-state index in [2.05, 4.69) is 25.9 Å². The van der Waals surface area contributed by atoms with E-state index >= 15 is 0 Å². The van der Waals surface area contributed by atoms with Crippen LogP contribution in [-0.2, 0) is 6.18 Å². The maximum atomic E-state index is 12.4. The molecule has 17 heavy (non-hydrogen) atoms. The average Bonchev–Trinajstić information content (AvgIpc) is 2.63. The Kier molecular flexibility index (Phi) is 3.18. The average molecular weight is 326 g/mol. The first-order valence-corrected chi connectivity index (χ1v) is 5.62. The monoisotopic (exact) mass is 324 g/mol. The Morgan fingerprint density at radius 1 is 1.24 bits per heavy atom. The summed E-state index contributed by atoms with van der Waals surface area (Å²) in [4.78, 5) is 5.89. The quantitative estimate of drug-likeness (QED) is 0.821. The van der Waals surface area contributed by atoms with Gasteiger partial charge in [0.25, 0.3) is 0 Å². The summed E-state index contributed by atoms with van der Waals surface area (Å²) in [5, 5.41) is 0.416. The van der Waals surface area contributed by atoms with Crippen molar-refractivity contribution in [1.29, 1.82) is 0 Å². The van der Waals surface area contributed by atoms with Crippen LogP contribution >= 0.6 is 27.5 Å². The Labute approximate surface area is 108 Å². The highest BCUT2D eigenvalue weighted by Gasteiger charge is 2.33. The van der Waals surface area contributed by atoms with Gasteiger partial charge >= 0.3 is 6.18 Å². The molecule has 0 aliphatic heterocycles. The summed E-state index contributed by atoms with van der Waals surface area (Å²) >= 11 is 9.01. The van der Waals surface area contributed by atoms with Crippen molar-refractivity contribution >= 4 is 27.5 Å². The first-order chi connectivity index (χ1) is 7.86. The van der Waals surface area contributed by atoms with Crippen LogP contribution in [-0.4, -0.2) is 9.97 Å². The second-order valence-electron chi connectivity index (χ2n) is 3.30. The zero-order valence-corrected chi connectivity index (χ0v) is 10.5. The van der Waals surface area contributed by atoms with Crippen molar-refractivity contribution in [2.24, 2.45) is 0 Å². The van der Waals surface area contributed by atoms with Gasteiger partial charge in [0.15, 0.2) is 0 Å². The van der Waals surface area contributed by atoms with Gasteiger partial charge in [-0.3, -0.25) is 0 Å². The molecular weight excluding hydrogens is 320 g/mol. The number of benzene rings is 1. The molecule has 0 aliphatic rings. The molecule has 0 saturated heterocycles. The number of H-pyrrole nitrogens is 1. The van der Waals surface area contributed by atoms with Gasteiger partial charge in [0.05, 0.1) is 6.20 Å². The predicted octanol–water partition coefficient (Wildman–Crippen LogP) is 4.51. The van der Waals surface area contributed by atoms with Crippen LogP contribution in [0.2, 0.25) is 5.02 Å². The third kappa shape index (κ3) is 2.81. The summed E-state index contributed by atoms with van der Waals surface area (Å²) in [6.45, 7) is 0. The number of imidazole rings is 1. The fourth-order valence-corrected chi connectivity index (χ4v) is 2.16. The fourth-order valence-electron chi connectivity index (χ4n) is 1.30. The fraction of sp³-hybridized carbons (Fsp3) is 0.100. The van der Waals surface area contributed by atoms with Crippen molar-refractivity contribution in [3.63, 3.8) is 0 Å². The van der Waals surface area contributed by atoms with Gasteiger partial charge < -0.3 is 4.98 Å². The molecule has 0 spiro atoms. The van der Waals surface area contributed by atoms with Crippen LogP contribution in [0.25, 0.3) is 11.4 Å². The molecule has 2 rings (SSSR count). The molecule has 2 nitrogen and oxygen atoms in total. The number of nitrogens with one attached hydrogen (secondary N) is 1. The molecule has 0 radical (unpaired) electrons. The van der Waals surface area contributed by atoms with Crippen LogP contribution in [0.4, 0.5) is 13.2 Å². The van der Waals surface area contributed by atoms with E-state index in [1.54, 1.807) is 12.1 Å². The standard InChI is InChI=1S/C10H5BrClF3N2/c11-6-1-5(2-7(12)3-6)9-16-4-8(17-9)10(13,14)15/h1-4H,(H,16,17). The number of rotatable bonds is 1. The van der Waals surface area contributed by atoms with Crippen molar-refractivity contribution in [1.82, 2.24) is 9.97 Å². The van der Waals surface area contributed by atoms with Gasteiger partial charge in [-0.2, -0.15) is 13.2 Å². The molecule has 0 amide bonds. The molecule has 2 aromatic rings. The number of alkyl halides is 3. The van der Waals surface area contributed by atoms with Gasteiger partial charge in [0, 0.05) is 15.1 Å². The third-order valence-corrected chi connectivity index (χ3v) is 2.69. The molecule has 1 aromatic heterocycles. The number of hydrogen-bond acceptors (Lipinski definition) is 1. The first-order valence-electron chi connectivity index (χ1n) is 4.45. The Morgan fingerprint density at radius 3 is 2.47 bits per heavy atom. The number of aromatic amines is 1. The van der Waals surface area contributed by atoms with E-state index in [4.69, 9.17) is 11.6 Å². The highest BCUT2D eigenvalue weighted by Crippen LogP contribution is 2.31. The number of hydrogen-bond donors (Lipinski definition) is 1. The van der Waals surface area contributed by atoms with E-state index in [9.17, 15) is 13.2 Å². The lowest BCUT2D eigenvalue weighted by Gasteiger charge is -2.02. The van der Waals surface area contributed by atoms with E-state index < -0.39 is 11.9 Å². The minimum absolute atomic E-state index is 0.125. The lowest BCUT2D eigenvalue weighted by molar-refractivity contribution is -0.140. The van der Waals surface area contributed by atoms with Crippen LogP contribution in [0.3, 0.4) is 0 Å². The number of aromatic nitrogens is 2. The normalized spacial score (nSPS) is 11.8. The SMILES string of the molecule is FC(F)(F)c1cnc(-c2cc(Cl)cc(Br)c2)[nH]1. The zero-order chi connectivity index (χ0) is 12.6. The van der Waals surface area contributed by atoms with E-state index in [-0.39, 0.29) is 5.82 Å². The van der Waals surface area contributed by atoms with Crippen LogP contribution in [0.1, 0.15) is 5.69 Å². The molecule has 90 valence electrons. The molecule has 1 N–H and O–H groups in total. The molecule has 1 aromatic carbocycles. The Hall–Kier alpha value is -1.01. The summed E-state index contributed by atoms with van der Waals surface area (Å²) < 4.78 is 37.8. The minimum atomic E-state index is -4.43. The summed E-state index contributed by atoms with van der Waals surface area (Å²) in [7, 11) is 0. The van der Waals surface area contributed by atoms with Crippen molar-refractivity contribution in [2.75, 3.05) is 0 Å². The number of nitrogens with zero attached hydrogens (tertiary/aromatic N) is 1. The molecule has 7 heteroatoms. The topological polar surface area (TPSA) is 28.7 Å². The highest BCUT2D eigenvalue weighted by atomic mass is 79.9. The summed E-state index contributed by atoms with van der Waals surface area (Å²) in [5.41, 5.74) is -0.400. The van der Waals surface area contributed by atoms with Gasteiger partial charge in [-0.15, -0.1) is 0 Å². The van der Waals surface area contributed by atoms with Gasteiger partial charge in [-0.1, -0.05) is 27.5 Å². The lowest BCUT2D eigenvalue weighted by Crippen LogP contribution is -2.04. The summed E-state index contributed by atoms with van der Waals surface area (Å²) in [5.74, 6) is 0.125. The minimum Gasteiger partial charge on any atom is -0.334 e. The second-order valence-corrected chi connectivity index (χ2v) is 4.65. The van der Waals surface area contributed by atoms with Crippen LogP contribution in [0.15, 0.2) is 28.9 Å². The van der Waals surface area contributed by atoms with E-state index in [0.29, 0.717) is 15.1 Å². The van der Waals surface area contributed by atoms with Crippen molar-refractivity contribution in [3.05, 3.63) is 39.6 Å². The van der Waals surface area contributed by atoms with E-state index in [1.807, 2.05) is 0 Å². The maximum Gasteiger partial charge on any atom is 0.432 e. The largest absolute Gasteiger partial charge is 0.432 e. The molecule has 0 fully saturated rings. The summed E-state index contributed by atoms with van der Waals surface area (Å²) in [6, 6.07) is 4.80. The van der Waals surface area contributed by atoms with Gasteiger partial charge in [-0.25, -0.2) is 4.98 Å². The first kappa shape index (κ1) is 12.4. The smallest absolute Gasteiger partial charge is 0.334 e. The Morgan fingerprint density at radius 2 is 1.94 bits per heavy atom. The Balaban J connectivity index is 2.44. The molecule has 0 unspecified atom stereocenters. The zero-order valence-electron chi connectivity index (χ0n) is 8.15. The van der Waals surface area contributed by atoms with Crippen LogP contribution < -0.4 is 0 Å². The summed E-state index contributed by atoms with van der Waals surface area (Å²) in [6.07, 6.45) is -3.68. The van der Waals surface area contributed by atoms with Gasteiger partial charge in [0.1, 0.15) is 11.5 Å². The van der Waals surface area contributed by atoms with Crippen LogP contribution in [0, 0.1) is 0 Å². The maximum absolute atomic E-state index is 12.4. The second kappa shape index (κ2) is 4.34. The predicted molar refractivity (Wildman–Crippen MR) is 61.7 cm³/mol. The van der Waals surface area contributed by atoms with E-state index in [0.717, 1.165) is 6.20 Å². The highest BCUT2D eigenvalue weighted by molar-refractivity contribution is 9.10. The van der Waals surface area contributed by atoms with E-state index in [1.165, 1.54) is 6.07 Å². The number of halogens is 5. The molecule has 0 atom stereocenters. The van der Waals surface area contributed by atoms with Crippen molar-refractivity contribution < 1.29 is 13.2 Å².